The van der Waals surface area contributed by atoms with Crippen molar-refractivity contribution >= 4 is 23.3 Å². The van der Waals surface area contributed by atoms with Crippen molar-refractivity contribution in [1.82, 2.24) is 0 Å². The summed E-state index contributed by atoms with van der Waals surface area (Å²) in [4.78, 5) is 0.0744. The van der Waals surface area contributed by atoms with Crippen LogP contribution in [-0.2, 0) is 0 Å². The monoisotopic (exact) mass is 262 g/mol. The second-order valence-electron chi connectivity index (χ2n) is 3.38. The van der Waals surface area contributed by atoms with Gasteiger partial charge in [-0.1, -0.05) is 18.3 Å². The van der Waals surface area contributed by atoms with Crippen molar-refractivity contribution < 1.29 is 9.47 Å². The van der Waals surface area contributed by atoms with E-state index in [0.717, 1.165) is 5.56 Å². The number of nitriles is 1. The van der Waals surface area contributed by atoms with Gasteiger partial charge >= 0.3 is 0 Å². The molecule has 0 unspecified atom stereocenters. The summed E-state index contributed by atoms with van der Waals surface area (Å²) in [6, 6.07) is 7.30. The Hall–Kier alpha value is -2.06. The Morgan fingerprint density at radius 3 is 2.72 bits per heavy atom. The highest BCUT2D eigenvalue weighted by atomic mass is 32.1. The van der Waals surface area contributed by atoms with Gasteiger partial charge in [-0.25, -0.2) is 0 Å². The van der Waals surface area contributed by atoms with E-state index < -0.39 is 0 Å². The van der Waals surface area contributed by atoms with Crippen LogP contribution in [0, 0.1) is 11.3 Å². The van der Waals surface area contributed by atoms with Crippen molar-refractivity contribution in [2.75, 3.05) is 13.7 Å². The molecule has 2 N–H and O–H groups in total. The molecule has 0 radical (unpaired) electrons. The molecule has 0 spiro atoms. The van der Waals surface area contributed by atoms with Crippen molar-refractivity contribution in [3.8, 4) is 17.6 Å². The summed E-state index contributed by atoms with van der Waals surface area (Å²) in [7, 11) is 1.56. The zero-order valence-corrected chi connectivity index (χ0v) is 11.1. The third-order valence-corrected chi connectivity index (χ3v) is 2.40. The molecule has 1 aromatic rings. The molecular weight excluding hydrogens is 248 g/mol. The lowest BCUT2D eigenvalue weighted by Gasteiger charge is -2.09. The third kappa shape index (κ3) is 3.47. The molecule has 18 heavy (non-hydrogen) atoms. The summed E-state index contributed by atoms with van der Waals surface area (Å²) < 4.78 is 10.6. The molecule has 4 nitrogen and oxygen atoms in total. The normalized spacial score (nSPS) is 10.6. The van der Waals surface area contributed by atoms with Gasteiger partial charge in [-0.05, 0) is 30.7 Å². The third-order valence-electron chi connectivity index (χ3n) is 2.18. The van der Waals surface area contributed by atoms with Crippen molar-refractivity contribution in [2.45, 2.75) is 6.92 Å². The van der Waals surface area contributed by atoms with Crippen LogP contribution in [0.3, 0.4) is 0 Å². The Morgan fingerprint density at radius 2 is 2.22 bits per heavy atom. The Kier molecular flexibility index (Phi) is 5.15. The number of ether oxygens (including phenoxy) is 2. The number of hydrogen-bond acceptors (Lipinski definition) is 4. The van der Waals surface area contributed by atoms with Gasteiger partial charge in [-0.2, -0.15) is 5.26 Å². The Bertz CT molecular complexity index is 518. The second-order valence-corrected chi connectivity index (χ2v) is 3.82. The SMILES string of the molecule is CCOc1ccc(C=C(C#N)C(N)=S)cc1OC. The van der Waals surface area contributed by atoms with Crippen molar-refractivity contribution in [2.24, 2.45) is 5.73 Å². The molecule has 0 bridgehead atoms. The van der Waals surface area contributed by atoms with Crippen molar-refractivity contribution in [3.05, 3.63) is 29.3 Å². The Labute approximate surface area is 112 Å². The maximum absolute atomic E-state index is 8.88. The number of benzene rings is 1. The van der Waals surface area contributed by atoms with Crippen LogP contribution in [0.1, 0.15) is 12.5 Å². The molecule has 0 atom stereocenters. The van der Waals surface area contributed by atoms with Gasteiger partial charge in [0, 0.05) is 0 Å². The van der Waals surface area contributed by atoms with Gasteiger partial charge in [0.05, 0.1) is 19.3 Å². The van der Waals surface area contributed by atoms with E-state index in [1.54, 1.807) is 25.3 Å². The molecule has 0 aliphatic carbocycles. The molecular formula is C13H14N2O2S. The lowest BCUT2D eigenvalue weighted by molar-refractivity contribution is 0.311. The van der Waals surface area contributed by atoms with E-state index in [1.807, 2.05) is 19.1 Å². The minimum atomic E-state index is 0.0744. The first-order valence-electron chi connectivity index (χ1n) is 5.34. The number of thiocarbonyl (C=S) groups is 1. The zero-order valence-electron chi connectivity index (χ0n) is 10.3. The molecule has 0 heterocycles. The lowest BCUT2D eigenvalue weighted by atomic mass is 10.1. The topological polar surface area (TPSA) is 68.3 Å². The molecule has 0 fully saturated rings. The van der Waals surface area contributed by atoms with Crippen molar-refractivity contribution in [3.63, 3.8) is 0 Å². The maximum Gasteiger partial charge on any atom is 0.161 e. The Morgan fingerprint density at radius 1 is 1.50 bits per heavy atom. The minimum absolute atomic E-state index is 0.0744. The van der Waals surface area contributed by atoms with Crippen LogP contribution in [0.2, 0.25) is 0 Å². The number of nitrogens with zero attached hydrogens (tertiary/aromatic N) is 1. The molecule has 0 saturated heterocycles. The Balaban J connectivity index is 3.13. The first-order chi connectivity index (χ1) is 8.62. The van der Waals surface area contributed by atoms with Gasteiger partial charge in [-0.15, -0.1) is 0 Å². The van der Waals surface area contributed by atoms with Gasteiger partial charge < -0.3 is 15.2 Å². The van der Waals surface area contributed by atoms with Crippen LogP contribution in [0.5, 0.6) is 11.5 Å². The largest absolute Gasteiger partial charge is 0.493 e. The van der Waals surface area contributed by atoms with E-state index >= 15 is 0 Å². The lowest BCUT2D eigenvalue weighted by Crippen LogP contribution is -2.09. The van der Waals surface area contributed by atoms with Crippen LogP contribution in [0.15, 0.2) is 23.8 Å². The van der Waals surface area contributed by atoms with Crippen LogP contribution < -0.4 is 15.2 Å². The fourth-order valence-electron chi connectivity index (χ4n) is 1.37. The molecule has 1 aromatic carbocycles. The molecule has 0 aromatic heterocycles. The molecule has 0 saturated carbocycles. The predicted molar refractivity (Wildman–Crippen MR) is 74.5 cm³/mol. The summed E-state index contributed by atoms with van der Waals surface area (Å²) in [5.74, 6) is 1.26. The maximum atomic E-state index is 8.88. The molecule has 94 valence electrons. The van der Waals surface area contributed by atoms with E-state index in [-0.39, 0.29) is 10.6 Å². The summed E-state index contributed by atoms with van der Waals surface area (Å²) in [5.41, 5.74) is 6.47. The number of methoxy groups -OCH3 is 1. The number of nitrogens with two attached hydrogens (primary N) is 1. The van der Waals surface area contributed by atoms with Crippen LogP contribution in [-0.4, -0.2) is 18.7 Å². The van der Waals surface area contributed by atoms with Gasteiger partial charge in [0.15, 0.2) is 11.5 Å². The average Bonchev–Trinajstić information content (AvgIpc) is 2.37. The summed E-state index contributed by atoms with van der Waals surface area (Å²) in [5, 5.41) is 8.88. The zero-order chi connectivity index (χ0) is 13.5. The fourth-order valence-corrected chi connectivity index (χ4v) is 1.48. The summed E-state index contributed by atoms with van der Waals surface area (Å²) >= 11 is 4.77. The minimum Gasteiger partial charge on any atom is -0.493 e. The molecule has 0 aliphatic heterocycles. The number of rotatable bonds is 5. The van der Waals surface area contributed by atoms with Crippen molar-refractivity contribution in [1.29, 1.82) is 5.26 Å². The predicted octanol–water partition coefficient (Wildman–Crippen LogP) is 2.29. The molecule has 5 heteroatoms. The highest BCUT2D eigenvalue weighted by molar-refractivity contribution is 7.80. The number of hydrogen-bond donors (Lipinski definition) is 1. The standard InChI is InChI=1S/C13H14N2O2S/c1-3-17-11-5-4-9(7-12(11)16-2)6-10(8-14)13(15)18/h4-7H,3H2,1-2H3,(H2,15,18). The van der Waals surface area contributed by atoms with E-state index in [0.29, 0.717) is 18.1 Å². The summed E-state index contributed by atoms with van der Waals surface area (Å²) in [6.45, 7) is 2.45. The van der Waals surface area contributed by atoms with Gasteiger partial charge in [0.25, 0.3) is 0 Å². The van der Waals surface area contributed by atoms with E-state index in [2.05, 4.69) is 0 Å². The van der Waals surface area contributed by atoms with Crippen LogP contribution in [0.25, 0.3) is 6.08 Å². The molecule has 1 rings (SSSR count). The van der Waals surface area contributed by atoms with Gasteiger partial charge in [0.1, 0.15) is 11.1 Å². The average molecular weight is 262 g/mol. The first-order valence-corrected chi connectivity index (χ1v) is 5.75. The summed E-state index contributed by atoms with van der Waals surface area (Å²) in [6.07, 6.45) is 1.61. The van der Waals surface area contributed by atoms with E-state index in [9.17, 15) is 0 Å². The van der Waals surface area contributed by atoms with Gasteiger partial charge in [-0.3, -0.25) is 0 Å². The quantitative estimate of drug-likeness (QED) is 0.501. The van der Waals surface area contributed by atoms with Crippen LogP contribution in [0.4, 0.5) is 0 Å². The van der Waals surface area contributed by atoms with Gasteiger partial charge in [0.2, 0.25) is 0 Å². The smallest absolute Gasteiger partial charge is 0.161 e. The molecule has 0 amide bonds. The highest BCUT2D eigenvalue weighted by Crippen LogP contribution is 2.28. The first kappa shape index (κ1) is 14.0. The molecule has 0 aliphatic rings. The van der Waals surface area contributed by atoms with E-state index in [1.165, 1.54) is 0 Å². The highest BCUT2D eigenvalue weighted by Gasteiger charge is 2.05. The fraction of sp³-hybridized carbons (Fsp3) is 0.231. The second kappa shape index (κ2) is 6.62. The van der Waals surface area contributed by atoms with E-state index in [4.69, 9.17) is 32.7 Å². The van der Waals surface area contributed by atoms with Crippen LogP contribution >= 0.6 is 12.2 Å².